The van der Waals surface area contributed by atoms with Gasteiger partial charge in [-0.25, -0.2) is 0 Å². The summed E-state index contributed by atoms with van der Waals surface area (Å²) in [6.45, 7) is 3.27. The first-order valence-electron chi connectivity index (χ1n) is 5.28. The van der Waals surface area contributed by atoms with E-state index in [1.54, 1.807) is 0 Å². The van der Waals surface area contributed by atoms with Crippen molar-refractivity contribution in [2.24, 2.45) is 5.92 Å². The number of rotatable bonds is 1. The summed E-state index contributed by atoms with van der Waals surface area (Å²) in [5.41, 5.74) is -0.472. The number of hydrogen-bond donors (Lipinski definition) is 1. The molecule has 0 radical (unpaired) electrons. The summed E-state index contributed by atoms with van der Waals surface area (Å²) in [5.74, 6) is 0.528. The fraction of sp³-hybridized carbons (Fsp3) is 0.636. The van der Waals surface area contributed by atoms with Crippen LogP contribution in [0.3, 0.4) is 0 Å². The fourth-order valence-electron chi connectivity index (χ4n) is 2.84. The Morgan fingerprint density at radius 3 is 2.71 bits per heavy atom. The van der Waals surface area contributed by atoms with Crippen molar-refractivity contribution >= 4 is 14.5 Å². The van der Waals surface area contributed by atoms with E-state index in [4.69, 9.17) is 0 Å². The minimum absolute atomic E-state index is 0.410. The Labute approximate surface area is 90.3 Å². The van der Waals surface area contributed by atoms with Crippen molar-refractivity contribution in [3.63, 3.8) is 0 Å². The summed E-state index contributed by atoms with van der Waals surface area (Å²) in [6, 6.07) is 4.24. The molecule has 4 rings (SSSR count). The van der Waals surface area contributed by atoms with E-state index >= 15 is 0 Å². The Morgan fingerprint density at radius 1 is 1.43 bits per heavy atom. The minimum atomic E-state index is -0.472. The van der Waals surface area contributed by atoms with Crippen LogP contribution in [0.5, 0.6) is 0 Å². The number of nitrogens with zero attached hydrogens (tertiary/aromatic N) is 1. The van der Waals surface area contributed by atoms with Crippen LogP contribution in [0.1, 0.15) is 17.3 Å². The molecule has 14 heavy (non-hydrogen) atoms. The van der Waals surface area contributed by atoms with Gasteiger partial charge in [-0.1, -0.05) is 0 Å². The van der Waals surface area contributed by atoms with Gasteiger partial charge in [0, 0.05) is 0 Å². The molecule has 3 saturated heterocycles. The molecule has 0 saturated carbocycles. The van der Waals surface area contributed by atoms with Gasteiger partial charge < -0.3 is 0 Å². The molecule has 3 aliphatic heterocycles. The first-order chi connectivity index (χ1) is 6.79. The third-order valence-electron chi connectivity index (χ3n) is 3.68. The van der Waals surface area contributed by atoms with Gasteiger partial charge >= 0.3 is 90.0 Å². The van der Waals surface area contributed by atoms with Crippen molar-refractivity contribution in [1.82, 2.24) is 4.90 Å². The Morgan fingerprint density at radius 2 is 2.21 bits per heavy atom. The van der Waals surface area contributed by atoms with Crippen molar-refractivity contribution < 1.29 is 5.11 Å². The van der Waals surface area contributed by atoms with E-state index in [1.807, 2.05) is 0 Å². The fourth-order valence-corrected chi connectivity index (χ4v) is 4.72. The molecule has 76 valence electrons. The number of piperidine rings is 3. The summed E-state index contributed by atoms with van der Waals surface area (Å²) >= 11 is 0.410. The molecule has 4 heterocycles. The summed E-state index contributed by atoms with van der Waals surface area (Å²) in [4.78, 5) is 4.62. The standard InChI is InChI=1S/C11H15NOSe/c13-11(10-2-1-7-14-10)8-12-5-3-9(11)4-6-12/h1-2,7,9,13H,3-6,8H2. The van der Waals surface area contributed by atoms with Crippen LogP contribution in [0.2, 0.25) is 0 Å². The van der Waals surface area contributed by atoms with Crippen molar-refractivity contribution in [1.29, 1.82) is 0 Å². The van der Waals surface area contributed by atoms with Gasteiger partial charge in [-0.15, -0.1) is 0 Å². The molecule has 1 unspecified atom stereocenters. The van der Waals surface area contributed by atoms with Crippen LogP contribution in [0, 0.1) is 5.92 Å². The molecule has 3 heteroatoms. The van der Waals surface area contributed by atoms with Gasteiger partial charge in [0.2, 0.25) is 0 Å². The van der Waals surface area contributed by atoms with Crippen molar-refractivity contribution in [2.75, 3.05) is 19.6 Å². The third-order valence-corrected chi connectivity index (χ3v) is 5.85. The molecule has 1 atom stereocenters. The first-order valence-corrected chi connectivity index (χ1v) is 7.12. The predicted molar refractivity (Wildman–Crippen MR) is 56.4 cm³/mol. The molecular weight excluding hydrogens is 241 g/mol. The Balaban J connectivity index is 1.96. The van der Waals surface area contributed by atoms with E-state index in [2.05, 4.69) is 22.0 Å². The molecule has 0 aromatic carbocycles. The molecule has 1 aromatic heterocycles. The SMILES string of the molecule is OC1(c2ccc[se]2)CN2CCC1CC2. The van der Waals surface area contributed by atoms with E-state index in [0.717, 1.165) is 6.54 Å². The summed E-state index contributed by atoms with van der Waals surface area (Å²) in [6.07, 6.45) is 2.37. The molecule has 2 nitrogen and oxygen atoms in total. The van der Waals surface area contributed by atoms with Gasteiger partial charge in [0.25, 0.3) is 0 Å². The van der Waals surface area contributed by atoms with E-state index < -0.39 is 5.60 Å². The Hall–Kier alpha value is -0.0805. The average Bonchev–Trinajstić information content (AvgIpc) is 2.72. The van der Waals surface area contributed by atoms with Gasteiger partial charge in [-0.2, -0.15) is 0 Å². The summed E-state index contributed by atoms with van der Waals surface area (Å²) in [7, 11) is 0. The second-order valence-corrected chi connectivity index (χ2v) is 6.44. The Bertz CT molecular complexity index is 316. The van der Waals surface area contributed by atoms with Crippen molar-refractivity contribution in [2.45, 2.75) is 18.4 Å². The summed E-state index contributed by atoms with van der Waals surface area (Å²) < 4.78 is 1.31. The monoisotopic (exact) mass is 257 g/mol. The van der Waals surface area contributed by atoms with Crippen LogP contribution in [-0.4, -0.2) is 44.1 Å². The summed E-state index contributed by atoms with van der Waals surface area (Å²) in [5, 5.41) is 10.7. The maximum atomic E-state index is 10.7. The van der Waals surface area contributed by atoms with Gasteiger partial charge in [0.15, 0.2) is 0 Å². The van der Waals surface area contributed by atoms with E-state index in [9.17, 15) is 5.11 Å². The number of hydrogen-bond acceptors (Lipinski definition) is 2. The van der Waals surface area contributed by atoms with Crippen LogP contribution in [0.25, 0.3) is 0 Å². The van der Waals surface area contributed by atoms with Crippen LogP contribution < -0.4 is 0 Å². The van der Waals surface area contributed by atoms with Crippen molar-refractivity contribution in [3.05, 3.63) is 21.5 Å². The zero-order valence-electron chi connectivity index (χ0n) is 8.15. The van der Waals surface area contributed by atoms with Gasteiger partial charge in [-0.05, 0) is 0 Å². The topological polar surface area (TPSA) is 23.5 Å². The molecule has 0 spiro atoms. The van der Waals surface area contributed by atoms with E-state index in [1.165, 1.54) is 30.4 Å². The molecule has 3 fully saturated rings. The molecule has 0 amide bonds. The van der Waals surface area contributed by atoms with Crippen molar-refractivity contribution in [3.8, 4) is 0 Å². The first kappa shape index (κ1) is 9.17. The van der Waals surface area contributed by atoms with E-state index in [-0.39, 0.29) is 0 Å². The molecule has 0 aliphatic carbocycles. The van der Waals surface area contributed by atoms with Gasteiger partial charge in [0.1, 0.15) is 0 Å². The third kappa shape index (κ3) is 1.24. The van der Waals surface area contributed by atoms with Crippen LogP contribution in [0.15, 0.2) is 17.1 Å². The van der Waals surface area contributed by atoms with Gasteiger partial charge in [-0.3, -0.25) is 0 Å². The van der Waals surface area contributed by atoms with Gasteiger partial charge in [0.05, 0.1) is 0 Å². The van der Waals surface area contributed by atoms with Crippen LogP contribution in [0.4, 0.5) is 0 Å². The zero-order valence-corrected chi connectivity index (χ0v) is 9.86. The normalized spacial score (nSPS) is 41.5. The molecule has 1 N–H and O–H groups in total. The molecule has 3 aliphatic rings. The second kappa shape index (κ2) is 3.21. The van der Waals surface area contributed by atoms with Crippen LogP contribution in [-0.2, 0) is 5.60 Å². The maximum absolute atomic E-state index is 10.7. The number of aliphatic hydroxyl groups is 1. The molecule has 2 bridgehead atoms. The number of fused-ring (bicyclic) bond motifs is 3. The predicted octanol–water partition coefficient (Wildman–Crippen LogP) is 0.657. The van der Waals surface area contributed by atoms with Crippen LogP contribution >= 0.6 is 0 Å². The Kier molecular flexibility index (Phi) is 2.10. The molecular formula is C11H15NOSe. The average molecular weight is 256 g/mol. The van der Waals surface area contributed by atoms with E-state index in [0.29, 0.717) is 20.4 Å². The molecule has 1 aromatic rings. The zero-order chi connectivity index (χ0) is 9.60. The second-order valence-electron chi connectivity index (χ2n) is 4.45. The quantitative estimate of drug-likeness (QED) is 0.746.